The summed E-state index contributed by atoms with van der Waals surface area (Å²) in [5.74, 6) is 0.951. The van der Waals surface area contributed by atoms with Gasteiger partial charge in [-0.3, -0.25) is 4.98 Å². The van der Waals surface area contributed by atoms with Gasteiger partial charge in [-0.25, -0.2) is 4.98 Å². The van der Waals surface area contributed by atoms with Gasteiger partial charge in [0.2, 0.25) is 0 Å². The molecule has 0 radical (unpaired) electrons. The van der Waals surface area contributed by atoms with Crippen LogP contribution in [0.25, 0.3) is 27.6 Å². The Morgan fingerprint density at radius 3 is 2.55 bits per heavy atom. The van der Waals surface area contributed by atoms with Crippen molar-refractivity contribution < 1.29 is 38.6 Å². The number of para-hydroxylation sites is 3. The number of rotatable bonds is 4. The molecule has 42 heavy (non-hydrogen) atoms. The molecule has 0 amide bonds. The Labute approximate surface area is 268 Å². The van der Waals surface area contributed by atoms with Crippen molar-refractivity contribution in [3.63, 3.8) is 0 Å². The van der Waals surface area contributed by atoms with E-state index in [1.54, 1.807) is 29.0 Å². The molecule has 7 heteroatoms. The second-order valence-electron chi connectivity index (χ2n) is 10.9. The number of aromatic nitrogens is 3. The quantitative estimate of drug-likeness (QED) is 0.137. The van der Waals surface area contributed by atoms with Crippen LogP contribution in [0.3, 0.4) is 0 Å². The maximum Gasteiger partial charge on any atom is 2.00 e. The molecule has 1 aliphatic heterocycles. The molecular formula is C35H29N5OPt+2. The number of benzene rings is 3. The van der Waals surface area contributed by atoms with Crippen molar-refractivity contribution in [3.05, 3.63) is 108 Å². The van der Waals surface area contributed by atoms with Crippen molar-refractivity contribution in [1.82, 2.24) is 19.1 Å². The summed E-state index contributed by atoms with van der Waals surface area (Å²) in [7, 11) is 0. The van der Waals surface area contributed by atoms with Crippen molar-refractivity contribution >= 4 is 44.9 Å². The predicted molar refractivity (Wildman–Crippen MR) is 163 cm³/mol. The van der Waals surface area contributed by atoms with Gasteiger partial charge in [0.1, 0.15) is 21.5 Å². The van der Waals surface area contributed by atoms with Gasteiger partial charge in [0.05, 0.1) is 0 Å². The van der Waals surface area contributed by atoms with Crippen LogP contribution in [0.4, 0.5) is 17.1 Å². The van der Waals surface area contributed by atoms with Crippen LogP contribution in [0, 0.1) is 19.0 Å². The molecule has 208 valence electrons. The molecule has 0 saturated carbocycles. The Kier molecular flexibility index (Phi) is 5.32. The van der Waals surface area contributed by atoms with Crippen LogP contribution in [0.1, 0.15) is 40.1 Å². The summed E-state index contributed by atoms with van der Waals surface area (Å²) in [6, 6.07) is 31.4. The predicted octanol–water partition coefficient (Wildman–Crippen LogP) is 7.87. The third-order valence-corrected chi connectivity index (χ3v) is 7.13. The maximum atomic E-state index is 8.06. The second kappa shape index (κ2) is 10.5. The van der Waals surface area contributed by atoms with Crippen LogP contribution >= 0.6 is 0 Å². The van der Waals surface area contributed by atoms with E-state index in [0.717, 1.165) is 26.4 Å². The molecule has 0 saturated heterocycles. The Morgan fingerprint density at radius 2 is 1.74 bits per heavy atom. The minimum absolute atomic E-state index is 0. The smallest absolute Gasteiger partial charge is 0.484 e. The number of ether oxygens (including phenoxy) is 1. The van der Waals surface area contributed by atoms with Gasteiger partial charge in [-0.1, -0.05) is 77.8 Å². The summed E-state index contributed by atoms with van der Waals surface area (Å²) >= 11 is 0. The zero-order chi connectivity index (χ0) is 33.3. The van der Waals surface area contributed by atoms with Crippen LogP contribution in [0.2, 0.25) is 0 Å². The Bertz CT molecular complexity index is 2300. The molecule has 1 aliphatic rings. The first-order valence-corrected chi connectivity index (χ1v) is 13.2. The first kappa shape index (κ1) is 21.3. The summed E-state index contributed by atoms with van der Waals surface area (Å²) in [6.07, 6.45) is 3.19. The summed E-state index contributed by atoms with van der Waals surface area (Å²) in [6.45, 7) is 1.49. The molecule has 6 nitrogen and oxygen atoms in total. The first-order chi connectivity index (χ1) is 22.2. The summed E-state index contributed by atoms with van der Waals surface area (Å²) in [5, 5.41) is 1.70. The standard InChI is InChI=1S/C35H29N5O.Pt/c1-23-14-15-36-33(16-23)40-29-11-7-6-10-27(29)28-21-37-34(20-32(28)40)41-26-18-24(35(2,3)4)17-25(19-26)39-22-38(5)30-12-8-9-13-31(30)39;/h6-18,21H,1-5H3;/q;+2/i1D3,5D3;. The Morgan fingerprint density at radius 1 is 0.929 bits per heavy atom. The van der Waals surface area contributed by atoms with E-state index in [4.69, 9.17) is 13.0 Å². The van der Waals surface area contributed by atoms with Crippen molar-refractivity contribution in [1.29, 1.82) is 0 Å². The van der Waals surface area contributed by atoms with Crippen LogP contribution in [-0.2, 0) is 26.5 Å². The average Bonchev–Trinajstić information content (AvgIpc) is 3.57. The van der Waals surface area contributed by atoms with Gasteiger partial charge in [-0.05, 0) is 42.2 Å². The molecule has 0 fully saturated rings. The molecule has 0 spiro atoms. The summed E-state index contributed by atoms with van der Waals surface area (Å²) < 4.78 is 59.0. The van der Waals surface area contributed by atoms with E-state index >= 15 is 0 Å². The van der Waals surface area contributed by atoms with E-state index < -0.39 is 13.8 Å². The normalized spacial score (nSPS) is 15.3. The number of hydrogen-bond donors (Lipinski definition) is 0. The molecule has 6 aromatic rings. The van der Waals surface area contributed by atoms with Gasteiger partial charge in [0.15, 0.2) is 6.98 Å². The number of hydrogen-bond acceptors (Lipinski definition) is 3. The van der Waals surface area contributed by atoms with E-state index in [9.17, 15) is 0 Å². The van der Waals surface area contributed by atoms with Crippen LogP contribution in [-0.4, -0.2) is 32.1 Å². The van der Waals surface area contributed by atoms with E-state index in [1.165, 1.54) is 12.3 Å². The fourth-order valence-corrected chi connectivity index (χ4v) is 5.08. The SMILES string of the molecule is [2H]C([2H])([2H])c1ccnc(-n2c3[c-]c(Oc4[c-]c([N+]5=C=[N+](C([2H])([2H])[2H])c6ccccc65)cc(C(C)(C)C)c4)ncc3c3ccccc32)c1.[Pt+2]. The van der Waals surface area contributed by atoms with Crippen molar-refractivity contribution in [2.24, 2.45) is 0 Å². The van der Waals surface area contributed by atoms with E-state index in [0.29, 0.717) is 34.1 Å². The van der Waals surface area contributed by atoms with Crippen LogP contribution in [0.15, 0.2) is 85.2 Å². The Balaban J connectivity index is 0.00000401. The molecular weight excluding hydrogens is 701 g/mol. The third-order valence-electron chi connectivity index (χ3n) is 7.13. The third kappa shape index (κ3) is 4.77. The summed E-state index contributed by atoms with van der Waals surface area (Å²) in [4.78, 5) is 9.10. The monoisotopic (exact) mass is 736 g/mol. The summed E-state index contributed by atoms with van der Waals surface area (Å²) in [5.41, 5.74) is 3.94. The van der Waals surface area contributed by atoms with Crippen molar-refractivity contribution in [2.75, 3.05) is 6.98 Å². The first-order valence-electron chi connectivity index (χ1n) is 16.2. The largest absolute Gasteiger partial charge is 2.00 e. The maximum absolute atomic E-state index is 8.06. The van der Waals surface area contributed by atoms with E-state index in [1.807, 2.05) is 53.1 Å². The molecule has 7 rings (SSSR count). The number of fused-ring (bicyclic) bond motifs is 4. The van der Waals surface area contributed by atoms with Gasteiger partial charge in [0, 0.05) is 33.7 Å². The zero-order valence-electron chi connectivity index (χ0n) is 29.0. The number of nitrogens with zero attached hydrogens (tertiary/aromatic N) is 5. The molecule has 0 aliphatic carbocycles. The van der Waals surface area contributed by atoms with Crippen molar-refractivity contribution in [3.8, 4) is 17.4 Å². The van der Waals surface area contributed by atoms with Crippen LogP contribution in [0.5, 0.6) is 11.6 Å². The molecule has 0 N–H and O–H groups in total. The minimum atomic E-state index is -2.43. The molecule has 3 aromatic carbocycles. The minimum Gasteiger partial charge on any atom is -0.484 e. The number of pyridine rings is 2. The molecule has 0 bridgehead atoms. The average molecular weight is 737 g/mol. The zero-order valence-corrected chi connectivity index (χ0v) is 25.3. The van der Waals surface area contributed by atoms with E-state index in [2.05, 4.69) is 48.9 Å². The van der Waals surface area contributed by atoms with Gasteiger partial charge in [0.25, 0.3) is 11.4 Å². The van der Waals surface area contributed by atoms with Crippen LogP contribution < -0.4 is 9.31 Å². The van der Waals surface area contributed by atoms with E-state index in [-0.39, 0.29) is 37.9 Å². The molecule has 3 aromatic heterocycles. The van der Waals surface area contributed by atoms with Gasteiger partial charge in [-0.2, -0.15) is 6.07 Å². The van der Waals surface area contributed by atoms with Gasteiger partial charge >= 0.3 is 27.1 Å². The number of aryl methyl sites for hydroxylation is 1. The van der Waals surface area contributed by atoms with Gasteiger partial charge in [-0.15, -0.1) is 22.5 Å². The van der Waals surface area contributed by atoms with Crippen molar-refractivity contribution in [2.45, 2.75) is 33.0 Å². The fraction of sp³-hybridized carbons (Fsp3) is 0.171. The molecule has 4 heterocycles. The topological polar surface area (TPSA) is 46.0 Å². The Hall–Kier alpha value is -4.37. The molecule has 0 atom stereocenters. The fourth-order valence-electron chi connectivity index (χ4n) is 5.08. The van der Waals surface area contributed by atoms with Gasteiger partial charge < -0.3 is 9.30 Å². The molecule has 0 unspecified atom stereocenters. The second-order valence-corrected chi connectivity index (χ2v) is 10.9.